The highest BCUT2D eigenvalue weighted by Crippen LogP contribution is 2.26. The Morgan fingerprint density at radius 3 is 3.00 bits per heavy atom. The predicted molar refractivity (Wildman–Crippen MR) is 69.5 cm³/mol. The summed E-state index contributed by atoms with van der Waals surface area (Å²) in [7, 11) is 0. The molecular formula is C13H8ClN3O3. The van der Waals surface area contributed by atoms with Gasteiger partial charge in [-0.2, -0.15) is 5.26 Å². The van der Waals surface area contributed by atoms with Gasteiger partial charge in [0.1, 0.15) is 35.9 Å². The molecule has 0 fully saturated rings. The van der Waals surface area contributed by atoms with Gasteiger partial charge in [0, 0.05) is 6.20 Å². The lowest BCUT2D eigenvalue weighted by Gasteiger charge is -2.09. The summed E-state index contributed by atoms with van der Waals surface area (Å²) in [5.74, 6) is -0.870. The Morgan fingerprint density at radius 1 is 1.50 bits per heavy atom. The molecule has 100 valence electrons. The molecule has 0 aliphatic heterocycles. The van der Waals surface area contributed by atoms with E-state index in [1.54, 1.807) is 18.2 Å². The Morgan fingerprint density at radius 2 is 2.30 bits per heavy atom. The monoisotopic (exact) mass is 289 g/mol. The van der Waals surface area contributed by atoms with Crippen LogP contribution in [0.2, 0.25) is 5.02 Å². The van der Waals surface area contributed by atoms with Gasteiger partial charge in [0.15, 0.2) is 0 Å². The summed E-state index contributed by atoms with van der Waals surface area (Å²) in [5.41, 5.74) is 0.365. The summed E-state index contributed by atoms with van der Waals surface area (Å²) >= 11 is 5.87. The lowest BCUT2D eigenvalue weighted by molar-refractivity contribution is 0.0692. The first-order valence-corrected chi connectivity index (χ1v) is 5.85. The van der Waals surface area contributed by atoms with Crippen molar-refractivity contribution in [1.82, 2.24) is 9.97 Å². The molecule has 1 aromatic heterocycles. The van der Waals surface area contributed by atoms with Crippen LogP contribution in [0.25, 0.3) is 0 Å². The molecule has 0 unspecified atom stereocenters. The Bertz CT molecular complexity index is 698. The first-order chi connectivity index (χ1) is 9.63. The van der Waals surface area contributed by atoms with Crippen LogP contribution in [0.5, 0.6) is 5.75 Å². The highest BCUT2D eigenvalue weighted by molar-refractivity contribution is 6.31. The van der Waals surface area contributed by atoms with Crippen molar-refractivity contribution in [3.05, 3.63) is 52.6 Å². The lowest BCUT2D eigenvalue weighted by atomic mass is 10.2. The summed E-state index contributed by atoms with van der Waals surface area (Å²) < 4.78 is 5.43. The second-order valence-electron chi connectivity index (χ2n) is 3.70. The third-order valence-electron chi connectivity index (χ3n) is 2.48. The van der Waals surface area contributed by atoms with Crippen molar-refractivity contribution in [1.29, 1.82) is 5.26 Å². The quantitative estimate of drug-likeness (QED) is 0.927. The third-order valence-corrected chi connectivity index (χ3v) is 2.79. The number of ether oxygens (including phenoxy) is 1. The van der Waals surface area contributed by atoms with Crippen LogP contribution in [0.3, 0.4) is 0 Å². The van der Waals surface area contributed by atoms with Gasteiger partial charge in [-0.15, -0.1) is 0 Å². The number of carbonyl (C=O) groups is 1. The van der Waals surface area contributed by atoms with E-state index in [1.807, 2.05) is 6.07 Å². The first-order valence-electron chi connectivity index (χ1n) is 5.47. The summed E-state index contributed by atoms with van der Waals surface area (Å²) in [6.45, 7) is -0.0980. The molecule has 2 rings (SSSR count). The Hall–Kier alpha value is -2.65. The number of aromatic nitrogens is 2. The summed E-state index contributed by atoms with van der Waals surface area (Å²) in [4.78, 5) is 18.5. The van der Waals surface area contributed by atoms with Crippen LogP contribution < -0.4 is 4.74 Å². The average Bonchev–Trinajstić information content (AvgIpc) is 2.45. The second kappa shape index (κ2) is 5.99. The molecular weight excluding hydrogens is 282 g/mol. The summed E-state index contributed by atoms with van der Waals surface area (Å²) in [5, 5.41) is 18.3. The highest BCUT2D eigenvalue weighted by atomic mass is 35.5. The first kappa shape index (κ1) is 13.8. The average molecular weight is 290 g/mol. The smallest absolute Gasteiger partial charge is 0.339 e. The number of nitriles is 1. The molecule has 0 saturated heterocycles. The molecule has 0 radical (unpaired) electrons. The third kappa shape index (κ3) is 2.84. The fourth-order valence-electron chi connectivity index (χ4n) is 1.53. The molecule has 20 heavy (non-hydrogen) atoms. The van der Waals surface area contributed by atoms with E-state index in [-0.39, 0.29) is 34.2 Å². The number of carboxylic acid groups (broad SMARTS) is 1. The van der Waals surface area contributed by atoms with Crippen LogP contribution in [0, 0.1) is 11.3 Å². The van der Waals surface area contributed by atoms with Gasteiger partial charge in [-0.3, -0.25) is 0 Å². The molecule has 0 bridgehead atoms. The number of nitrogens with zero attached hydrogens (tertiary/aromatic N) is 3. The Kier molecular flexibility index (Phi) is 4.13. The predicted octanol–water partition coefficient (Wildman–Crippen LogP) is 2.28. The number of hydrogen-bond donors (Lipinski definition) is 1. The molecule has 0 atom stereocenters. The zero-order valence-corrected chi connectivity index (χ0v) is 10.8. The summed E-state index contributed by atoms with van der Waals surface area (Å²) in [6.07, 6.45) is 2.42. The van der Waals surface area contributed by atoms with Crippen LogP contribution >= 0.6 is 11.6 Å². The molecule has 1 aromatic carbocycles. The van der Waals surface area contributed by atoms with Crippen molar-refractivity contribution in [3.63, 3.8) is 0 Å². The zero-order valence-electron chi connectivity index (χ0n) is 10.1. The van der Waals surface area contributed by atoms with Gasteiger partial charge in [-0.05, 0) is 12.1 Å². The number of rotatable bonds is 4. The molecule has 1 heterocycles. The number of carboxylic acids is 1. The standard InChI is InChI=1S/C13H8ClN3O3/c14-10-2-1-3-12(8(10)4-15)20-6-11-9(13(18)19)5-16-7-17-11/h1-3,5,7H,6H2,(H,18,19). The van der Waals surface area contributed by atoms with Crippen molar-refractivity contribution in [2.45, 2.75) is 6.61 Å². The van der Waals surface area contributed by atoms with E-state index in [9.17, 15) is 4.79 Å². The van der Waals surface area contributed by atoms with Gasteiger partial charge in [-0.25, -0.2) is 14.8 Å². The maximum absolute atomic E-state index is 11.0. The van der Waals surface area contributed by atoms with Crippen LogP contribution in [0.15, 0.2) is 30.7 Å². The van der Waals surface area contributed by atoms with Crippen LogP contribution in [-0.4, -0.2) is 21.0 Å². The minimum absolute atomic E-state index is 0.0481. The normalized spacial score (nSPS) is 9.80. The molecule has 6 nitrogen and oxygen atoms in total. The van der Waals surface area contributed by atoms with Crippen LogP contribution in [0.4, 0.5) is 0 Å². The van der Waals surface area contributed by atoms with E-state index in [0.29, 0.717) is 0 Å². The second-order valence-corrected chi connectivity index (χ2v) is 4.11. The molecule has 7 heteroatoms. The van der Waals surface area contributed by atoms with Crippen LogP contribution in [0.1, 0.15) is 21.6 Å². The minimum atomic E-state index is -1.14. The van der Waals surface area contributed by atoms with E-state index in [2.05, 4.69) is 9.97 Å². The number of aromatic carboxylic acids is 1. The lowest BCUT2D eigenvalue weighted by Crippen LogP contribution is -2.09. The largest absolute Gasteiger partial charge is 0.486 e. The van der Waals surface area contributed by atoms with Crippen molar-refractivity contribution >= 4 is 17.6 Å². The number of halogens is 1. The molecule has 0 saturated carbocycles. The van der Waals surface area contributed by atoms with Gasteiger partial charge in [0.25, 0.3) is 0 Å². The maximum atomic E-state index is 11.0. The molecule has 0 aliphatic rings. The number of hydrogen-bond acceptors (Lipinski definition) is 5. The fourth-order valence-corrected chi connectivity index (χ4v) is 1.74. The molecule has 2 aromatic rings. The summed E-state index contributed by atoms with van der Waals surface area (Å²) in [6, 6.07) is 6.71. The van der Waals surface area contributed by atoms with Crippen LogP contribution in [-0.2, 0) is 6.61 Å². The van der Waals surface area contributed by atoms with Gasteiger partial charge in [0.05, 0.1) is 10.7 Å². The SMILES string of the molecule is N#Cc1c(Cl)cccc1OCc1ncncc1C(=O)O. The van der Waals surface area contributed by atoms with Gasteiger partial charge in [-0.1, -0.05) is 17.7 Å². The van der Waals surface area contributed by atoms with Gasteiger partial charge in [0.2, 0.25) is 0 Å². The fraction of sp³-hybridized carbons (Fsp3) is 0.0769. The minimum Gasteiger partial charge on any atom is -0.486 e. The highest BCUT2D eigenvalue weighted by Gasteiger charge is 2.13. The van der Waals surface area contributed by atoms with Crippen molar-refractivity contribution < 1.29 is 14.6 Å². The van der Waals surface area contributed by atoms with E-state index in [1.165, 1.54) is 12.5 Å². The van der Waals surface area contributed by atoms with Gasteiger partial charge < -0.3 is 9.84 Å². The van der Waals surface area contributed by atoms with Crippen molar-refractivity contribution in [3.8, 4) is 11.8 Å². The van der Waals surface area contributed by atoms with Gasteiger partial charge >= 0.3 is 5.97 Å². The maximum Gasteiger partial charge on any atom is 0.339 e. The molecule has 0 aliphatic carbocycles. The Labute approximate surface area is 119 Å². The van der Waals surface area contributed by atoms with E-state index < -0.39 is 5.97 Å². The topological polar surface area (TPSA) is 96.1 Å². The van der Waals surface area contributed by atoms with Crippen molar-refractivity contribution in [2.24, 2.45) is 0 Å². The number of benzene rings is 1. The van der Waals surface area contributed by atoms with Crippen molar-refractivity contribution in [2.75, 3.05) is 0 Å². The zero-order chi connectivity index (χ0) is 14.5. The molecule has 0 spiro atoms. The molecule has 1 N–H and O–H groups in total. The molecule has 0 amide bonds. The van der Waals surface area contributed by atoms with E-state index >= 15 is 0 Å². The Balaban J connectivity index is 2.24. The van der Waals surface area contributed by atoms with E-state index in [4.69, 9.17) is 26.7 Å². The van der Waals surface area contributed by atoms with E-state index in [0.717, 1.165) is 0 Å².